The lowest BCUT2D eigenvalue weighted by Crippen LogP contribution is -2.26. The maximum atomic E-state index is 11.7. The summed E-state index contributed by atoms with van der Waals surface area (Å²) >= 11 is 5.95. The van der Waals surface area contributed by atoms with Crippen molar-refractivity contribution in [1.29, 1.82) is 0 Å². The molecule has 2 aromatic rings. The monoisotopic (exact) mass is 347 g/mol. The van der Waals surface area contributed by atoms with E-state index in [1.807, 2.05) is 27.7 Å². The highest BCUT2D eigenvalue weighted by Crippen LogP contribution is 2.31. The summed E-state index contributed by atoms with van der Waals surface area (Å²) in [5.41, 5.74) is 1.08. The Morgan fingerprint density at radius 1 is 1.19 bits per heavy atom. The molecule has 1 aromatic carbocycles. The largest absolute Gasteiger partial charge is 0.296 e. The molecule has 0 N–H and O–H groups in total. The number of nitrogens with zero attached hydrogens (tertiary/aromatic N) is 3. The summed E-state index contributed by atoms with van der Waals surface area (Å²) < 4.78 is 24.9. The summed E-state index contributed by atoms with van der Waals surface area (Å²) in [6.07, 6.45) is 0. The van der Waals surface area contributed by atoms with Gasteiger partial charge in [0, 0.05) is 26.8 Å². The van der Waals surface area contributed by atoms with Gasteiger partial charge in [0.05, 0.1) is 0 Å². The maximum absolute atomic E-state index is 11.7. The first-order valence-corrected chi connectivity index (χ1v) is 8.87. The molecule has 1 aromatic heterocycles. The molecule has 0 aliphatic rings. The van der Waals surface area contributed by atoms with Gasteiger partial charge in [0.25, 0.3) is 14.2 Å². The number of hydrogen-bond acceptors (Lipinski definition) is 4. The molecule has 21 heavy (non-hydrogen) atoms. The van der Waals surface area contributed by atoms with Crippen LogP contribution in [-0.4, -0.2) is 23.2 Å². The average Bonchev–Trinajstić information content (AvgIpc) is 2.72. The standard InChI is InChI=1S/C13H15Cl2N3O2S/c1-8-7-9(14)5-6-10(8)11-16-17-12(21(15,19)20)18(11)13(2,3)4/h5-7H,1-4H3. The lowest BCUT2D eigenvalue weighted by atomic mass is 10.1. The molecule has 2 rings (SSSR count). The quantitative estimate of drug-likeness (QED) is 0.778. The second kappa shape index (κ2) is 5.26. The topological polar surface area (TPSA) is 64.8 Å². The molecule has 0 saturated carbocycles. The number of aromatic nitrogens is 3. The molecule has 0 saturated heterocycles. The number of hydrogen-bond donors (Lipinski definition) is 0. The zero-order valence-corrected chi connectivity index (χ0v) is 14.4. The summed E-state index contributed by atoms with van der Waals surface area (Å²) in [5, 5.41) is 8.11. The van der Waals surface area contributed by atoms with Crippen LogP contribution in [0.25, 0.3) is 11.4 Å². The van der Waals surface area contributed by atoms with Gasteiger partial charge in [-0.15, -0.1) is 10.2 Å². The van der Waals surface area contributed by atoms with Crippen LogP contribution in [0, 0.1) is 6.92 Å². The van der Waals surface area contributed by atoms with E-state index in [-0.39, 0.29) is 5.16 Å². The number of benzene rings is 1. The van der Waals surface area contributed by atoms with Gasteiger partial charge >= 0.3 is 0 Å². The molecule has 0 aliphatic carbocycles. The van der Waals surface area contributed by atoms with Crippen LogP contribution in [-0.2, 0) is 14.6 Å². The Hall–Kier alpha value is -1.11. The molecule has 0 atom stereocenters. The molecule has 0 amide bonds. The van der Waals surface area contributed by atoms with Crippen LogP contribution in [0.2, 0.25) is 5.02 Å². The van der Waals surface area contributed by atoms with Crippen molar-refractivity contribution in [2.24, 2.45) is 0 Å². The lowest BCUT2D eigenvalue weighted by molar-refractivity contribution is 0.367. The van der Waals surface area contributed by atoms with Crippen molar-refractivity contribution in [3.63, 3.8) is 0 Å². The van der Waals surface area contributed by atoms with Crippen molar-refractivity contribution in [3.05, 3.63) is 28.8 Å². The van der Waals surface area contributed by atoms with Crippen LogP contribution in [0.15, 0.2) is 23.4 Å². The van der Waals surface area contributed by atoms with Gasteiger partial charge in [0.1, 0.15) is 0 Å². The van der Waals surface area contributed by atoms with Crippen LogP contribution in [0.3, 0.4) is 0 Å². The van der Waals surface area contributed by atoms with Gasteiger partial charge in [-0.25, -0.2) is 8.42 Å². The summed E-state index contributed by atoms with van der Waals surface area (Å²) in [7, 11) is 1.47. The van der Waals surface area contributed by atoms with E-state index in [1.165, 1.54) is 4.57 Å². The van der Waals surface area contributed by atoms with Crippen molar-refractivity contribution in [2.45, 2.75) is 38.4 Å². The summed E-state index contributed by atoms with van der Waals surface area (Å²) in [5.74, 6) is 0.441. The molecule has 0 aliphatic heterocycles. The van der Waals surface area contributed by atoms with Gasteiger partial charge in [-0.2, -0.15) is 0 Å². The van der Waals surface area contributed by atoms with Gasteiger partial charge in [-0.05, 0) is 51.5 Å². The third-order valence-corrected chi connectivity index (χ3v) is 4.30. The molecule has 0 unspecified atom stereocenters. The second-order valence-corrected chi connectivity index (χ2v) is 8.61. The zero-order valence-electron chi connectivity index (χ0n) is 12.1. The molecular formula is C13H15Cl2N3O2S. The highest BCUT2D eigenvalue weighted by atomic mass is 35.7. The molecule has 1 heterocycles. The van der Waals surface area contributed by atoms with E-state index in [4.69, 9.17) is 22.3 Å². The minimum atomic E-state index is -3.99. The maximum Gasteiger partial charge on any atom is 0.296 e. The Kier molecular flexibility index (Phi) is 4.08. The predicted molar refractivity (Wildman–Crippen MR) is 83.2 cm³/mol. The molecule has 0 fully saturated rings. The van der Waals surface area contributed by atoms with E-state index in [0.717, 1.165) is 11.1 Å². The summed E-state index contributed by atoms with van der Waals surface area (Å²) in [6, 6.07) is 5.29. The molecular weight excluding hydrogens is 333 g/mol. The first kappa shape index (κ1) is 16.3. The number of halogens is 2. The first-order chi connectivity index (χ1) is 9.51. The van der Waals surface area contributed by atoms with E-state index < -0.39 is 14.6 Å². The minimum absolute atomic E-state index is 0.263. The fraction of sp³-hybridized carbons (Fsp3) is 0.385. The molecule has 114 valence electrons. The zero-order chi connectivity index (χ0) is 16.0. The third-order valence-electron chi connectivity index (χ3n) is 2.95. The average molecular weight is 348 g/mol. The lowest BCUT2D eigenvalue weighted by Gasteiger charge is -2.24. The van der Waals surface area contributed by atoms with Gasteiger partial charge in [0.2, 0.25) is 0 Å². The minimum Gasteiger partial charge on any atom is -0.291 e. The van der Waals surface area contributed by atoms with E-state index >= 15 is 0 Å². The third kappa shape index (κ3) is 3.22. The molecule has 0 spiro atoms. The first-order valence-electron chi connectivity index (χ1n) is 6.19. The van der Waals surface area contributed by atoms with E-state index in [9.17, 15) is 8.42 Å². The second-order valence-electron chi connectivity index (χ2n) is 5.71. The normalized spacial score (nSPS) is 12.7. The molecule has 0 radical (unpaired) electrons. The fourth-order valence-electron chi connectivity index (χ4n) is 2.08. The van der Waals surface area contributed by atoms with Gasteiger partial charge in [0.15, 0.2) is 5.82 Å². The molecule has 0 bridgehead atoms. The van der Waals surface area contributed by atoms with E-state index in [2.05, 4.69) is 10.2 Å². The van der Waals surface area contributed by atoms with Crippen LogP contribution in [0.1, 0.15) is 26.3 Å². The van der Waals surface area contributed by atoms with Crippen molar-refractivity contribution < 1.29 is 8.42 Å². The van der Waals surface area contributed by atoms with Crippen LogP contribution < -0.4 is 0 Å². The Labute approximate surface area is 133 Å². The van der Waals surface area contributed by atoms with Crippen molar-refractivity contribution in [2.75, 3.05) is 0 Å². The van der Waals surface area contributed by atoms with Crippen molar-refractivity contribution >= 4 is 31.3 Å². The highest BCUT2D eigenvalue weighted by Gasteiger charge is 2.30. The summed E-state index contributed by atoms with van der Waals surface area (Å²) in [4.78, 5) is 0. The predicted octanol–water partition coefficient (Wildman–Crippen LogP) is 3.59. The number of aryl methyl sites for hydroxylation is 1. The summed E-state index contributed by atoms with van der Waals surface area (Å²) in [6.45, 7) is 7.45. The van der Waals surface area contributed by atoms with Crippen molar-refractivity contribution in [1.82, 2.24) is 14.8 Å². The van der Waals surface area contributed by atoms with Crippen LogP contribution in [0.5, 0.6) is 0 Å². The van der Waals surface area contributed by atoms with E-state index in [1.54, 1.807) is 18.2 Å². The molecule has 5 nitrogen and oxygen atoms in total. The number of rotatable bonds is 2. The van der Waals surface area contributed by atoms with Gasteiger partial charge in [-0.3, -0.25) is 4.57 Å². The molecule has 8 heteroatoms. The van der Waals surface area contributed by atoms with Crippen LogP contribution in [0.4, 0.5) is 0 Å². The van der Waals surface area contributed by atoms with Crippen molar-refractivity contribution in [3.8, 4) is 11.4 Å². The van der Waals surface area contributed by atoms with E-state index in [0.29, 0.717) is 10.8 Å². The Morgan fingerprint density at radius 3 is 2.29 bits per heavy atom. The Balaban J connectivity index is 2.80. The Morgan fingerprint density at radius 2 is 1.81 bits per heavy atom. The smallest absolute Gasteiger partial charge is 0.291 e. The Bertz CT molecular complexity index is 792. The highest BCUT2D eigenvalue weighted by molar-refractivity contribution is 8.13. The van der Waals surface area contributed by atoms with Gasteiger partial charge in [-0.1, -0.05) is 11.6 Å². The fourth-order valence-corrected chi connectivity index (χ4v) is 3.33. The SMILES string of the molecule is Cc1cc(Cl)ccc1-c1nnc(S(=O)(=O)Cl)n1C(C)(C)C. The van der Waals surface area contributed by atoms with Crippen LogP contribution >= 0.6 is 22.3 Å². The van der Waals surface area contributed by atoms with Gasteiger partial charge < -0.3 is 0 Å².